The Labute approximate surface area is 241 Å². The summed E-state index contributed by atoms with van der Waals surface area (Å²) in [6.45, 7) is 15.6. The Bertz CT molecular complexity index is 1500. The van der Waals surface area contributed by atoms with Gasteiger partial charge in [0.2, 0.25) is 0 Å². The number of carbonyl (C=O) groups excluding carboxylic acids is 1. The average Bonchev–Trinajstić information content (AvgIpc) is 3.34. The summed E-state index contributed by atoms with van der Waals surface area (Å²) in [5.41, 5.74) is 3.05. The fourth-order valence-corrected chi connectivity index (χ4v) is 5.15. The molecule has 5 rings (SSSR count). The smallest absolute Gasteiger partial charge is 0.324 e. The van der Waals surface area contributed by atoms with Crippen molar-refractivity contribution in [1.29, 1.82) is 0 Å². The number of hydrogen-bond donors (Lipinski definition) is 2. The number of anilines is 2. The number of pyridine rings is 1. The number of amides is 2. The molecule has 0 aliphatic carbocycles. The van der Waals surface area contributed by atoms with Gasteiger partial charge in [0.05, 0.1) is 35.5 Å². The zero-order valence-electron chi connectivity index (χ0n) is 24.8. The van der Waals surface area contributed by atoms with Crippen molar-refractivity contribution in [2.75, 3.05) is 36.9 Å². The number of ether oxygens (including phenoxy) is 2. The van der Waals surface area contributed by atoms with Crippen LogP contribution in [0.1, 0.15) is 46.0 Å². The third-order valence-corrected chi connectivity index (χ3v) is 7.15. The summed E-state index contributed by atoms with van der Waals surface area (Å²) in [5, 5.41) is 12.7. The van der Waals surface area contributed by atoms with Crippen LogP contribution in [-0.2, 0) is 10.2 Å². The molecular formula is C32H40N6O3. The molecule has 0 saturated carbocycles. The highest BCUT2D eigenvalue weighted by Crippen LogP contribution is 2.32. The van der Waals surface area contributed by atoms with Crippen LogP contribution in [0, 0.1) is 6.92 Å². The quantitative estimate of drug-likeness (QED) is 0.283. The predicted molar refractivity (Wildman–Crippen MR) is 163 cm³/mol. The van der Waals surface area contributed by atoms with E-state index >= 15 is 0 Å². The Morgan fingerprint density at radius 2 is 1.76 bits per heavy atom. The van der Waals surface area contributed by atoms with E-state index < -0.39 is 0 Å². The molecule has 9 nitrogen and oxygen atoms in total. The van der Waals surface area contributed by atoms with Gasteiger partial charge in [0.25, 0.3) is 0 Å². The molecule has 2 aromatic heterocycles. The standard InChI is InChI=1S/C32H40N6O3/c1-21-11-12-24(18-33-21)38-30(17-29(36-38)32(4,5)6)35-31(39)34-27-13-14-28(26-10-8-7-9-25(26)27)40-16-15-37-19-22(2)41-23(3)20-37/h7-14,17-18,22-23H,15-16,19-20H2,1-6H3,(H2,34,35,39). The van der Waals surface area contributed by atoms with Crippen molar-refractivity contribution in [2.45, 2.75) is 59.2 Å². The summed E-state index contributed by atoms with van der Waals surface area (Å²) in [6.07, 6.45) is 2.20. The predicted octanol–water partition coefficient (Wildman–Crippen LogP) is 6.16. The molecule has 1 aliphatic rings. The number of nitrogens with one attached hydrogen (secondary N) is 2. The molecule has 0 radical (unpaired) electrons. The van der Waals surface area contributed by atoms with E-state index in [4.69, 9.17) is 14.6 Å². The fourth-order valence-electron chi connectivity index (χ4n) is 5.15. The summed E-state index contributed by atoms with van der Waals surface area (Å²) in [7, 11) is 0. The average molecular weight is 557 g/mol. The molecule has 1 fully saturated rings. The molecule has 41 heavy (non-hydrogen) atoms. The third-order valence-electron chi connectivity index (χ3n) is 7.15. The minimum atomic E-state index is -0.360. The second-order valence-corrected chi connectivity index (χ2v) is 11.8. The molecule has 2 atom stereocenters. The van der Waals surface area contributed by atoms with E-state index in [1.807, 2.05) is 61.5 Å². The van der Waals surface area contributed by atoms with E-state index in [1.165, 1.54) is 0 Å². The highest BCUT2D eigenvalue weighted by Gasteiger charge is 2.23. The molecule has 2 N–H and O–H groups in total. The molecule has 0 bridgehead atoms. The van der Waals surface area contributed by atoms with Gasteiger partial charge in [0.15, 0.2) is 0 Å². The largest absolute Gasteiger partial charge is 0.492 e. The fraction of sp³-hybridized carbons (Fsp3) is 0.406. The van der Waals surface area contributed by atoms with Gasteiger partial charge in [-0.25, -0.2) is 9.48 Å². The van der Waals surface area contributed by atoms with Crippen LogP contribution in [-0.4, -0.2) is 64.1 Å². The number of nitrogens with zero attached hydrogens (tertiary/aromatic N) is 4. The van der Waals surface area contributed by atoms with Crippen molar-refractivity contribution in [3.8, 4) is 11.4 Å². The first-order chi connectivity index (χ1) is 19.6. The Morgan fingerprint density at radius 1 is 1.02 bits per heavy atom. The Morgan fingerprint density at radius 3 is 2.44 bits per heavy atom. The van der Waals surface area contributed by atoms with Crippen LogP contribution in [0.3, 0.4) is 0 Å². The van der Waals surface area contributed by atoms with Crippen LogP contribution >= 0.6 is 0 Å². The van der Waals surface area contributed by atoms with Gasteiger partial charge in [0.1, 0.15) is 18.2 Å². The minimum Gasteiger partial charge on any atom is -0.492 e. The Kier molecular flexibility index (Phi) is 8.28. The van der Waals surface area contributed by atoms with Crippen molar-refractivity contribution in [3.05, 3.63) is 72.2 Å². The molecule has 4 aromatic rings. The topological polar surface area (TPSA) is 93.5 Å². The van der Waals surface area contributed by atoms with E-state index in [1.54, 1.807) is 10.9 Å². The first-order valence-corrected chi connectivity index (χ1v) is 14.2. The number of morpholine rings is 1. The molecular weight excluding hydrogens is 516 g/mol. The van der Waals surface area contributed by atoms with Gasteiger partial charge in [0, 0.05) is 47.6 Å². The monoisotopic (exact) mass is 556 g/mol. The molecule has 216 valence electrons. The van der Waals surface area contributed by atoms with Gasteiger partial charge in [-0.3, -0.25) is 15.2 Å². The lowest BCUT2D eigenvalue weighted by atomic mass is 9.92. The van der Waals surface area contributed by atoms with Gasteiger partial charge >= 0.3 is 6.03 Å². The summed E-state index contributed by atoms with van der Waals surface area (Å²) >= 11 is 0. The molecule has 2 amide bonds. The van der Waals surface area contributed by atoms with E-state index in [0.717, 1.165) is 53.2 Å². The second kappa shape index (κ2) is 11.9. The number of urea groups is 1. The molecule has 9 heteroatoms. The minimum absolute atomic E-state index is 0.194. The van der Waals surface area contributed by atoms with Crippen LogP contribution in [0.25, 0.3) is 16.5 Å². The van der Waals surface area contributed by atoms with E-state index in [9.17, 15) is 4.79 Å². The number of aromatic nitrogens is 3. The van der Waals surface area contributed by atoms with Crippen molar-refractivity contribution in [1.82, 2.24) is 19.7 Å². The first-order valence-electron chi connectivity index (χ1n) is 14.2. The van der Waals surface area contributed by atoms with E-state index in [-0.39, 0.29) is 23.7 Å². The summed E-state index contributed by atoms with van der Waals surface area (Å²) in [4.78, 5) is 20.1. The lowest BCUT2D eigenvalue weighted by molar-refractivity contribution is -0.0699. The van der Waals surface area contributed by atoms with Crippen LogP contribution in [0.2, 0.25) is 0 Å². The molecule has 3 heterocycles. The second-order valence-electron chi connectivity index (χ2n) is 11.8. The lowest BCUT2D eigenvalue weighted by Crippen LogP contribution is -2.46. The molecule has 2 unspecified atom stereocenters. The Hall–Kier alpha value is -3.95. The number of carbonyl (C=O) groups is 1. The normalized spacial score (nSPS) is 17.9. The number of rotatable bonds is 7. The number of aryl methyl sites for hydroxylation is 1. The third kappa shape index (κ3) is 6.86. The van der Waals surface area contributed by atoms with Crippen molar-refractivity contribution < 1.29 is 14.3 Å². The maximum absolute atomic E-state index is 13.3. The summed E-state index contributed by atoms with van der Waals surface area (Å²) in [5.74, 6) is 1.36. The van der Waals surface area contributed by atoms with Crippen LogP contribution in [0.4, 0.5) is 16.3 Å². The maximum Gasteiger partial charge on any atom is 0.324 e. The maximum atomic E-state index is 13.3. The van der Waals surface area contributed by atoms with Crippen molar-refractivity contribution in [3.63, 3.8) is 0 Å². The highest BCUT2D eigenvalue weighted by molar-refractivity contribution is 6.07. The van der Waals surface area contributed by atoms with E-state index in [0.29, 0.717) is 18.1 Å². The molecule has 1 saturated heterocycles. The van der Waals surface area contributed by atoms with Gasteiger partial charge in [-0.05, 0) is 45.0 Å². The van der Waals surface area contributed by atoms with Gasteiger partial charge in [-0.2, -0.15) is 5.10 Å². The highest BCUT2D eigenvalue weighted by atomic mass is 16.5. The molecule has 2 aromatic carbocycles. The summed E-state index contributed by atoms with van der Waals surface area (Å²) < 4.78 is 13.8. The van der Waals surface area contributed by atoms with Crippen LogP contribution in [0.5, 0.6) is 5.75 Å². The van der Waals surface area contributed by atoms with Gasteiger partial charge in [-0.1, -0.05) is 45.0 Å². The molecule has 1 aliphatic heterocycles. The van der Waals surface area contributed by atoms with E-state index in [2.05, 4.69) is 55.1 Å². The Balaban J connectivity index is 1.31. The zero-order chi connectivity index (χ0) is 29.1. The number of hydrogen-bond acceptors (Lipinski definition) is 6. The number of fused-ring (bicyclic) bond motifs is 1. The lowest BCUT2D eigenvalue weighted by Gasteiger charge is -2.35. The van der Waals surface area contributed by atoms with Gasteiger partial charge < -0.3 is 14.8 Å². The van der Waals surface area contributed by atoms with Gasteiger partial charge in [-0.15, -0.1) is 0 Å². The first kappa shape index (κ1) is 28.6. The van der Waals surface area contributed by atoms with Crippen LogP contribution in [0.15, 0.2) is 60.8 Å². The zero-order valence-corrected chi connectivity index (χ0v) is 24.8. The molecule has 0 spiro atoms. The number of benzene rings is 2. The summed E-state index contributed by atoms with van der Waals surface area (Å²) in [6, 6.07) is 17.2. The van der Waals surface area contributed by atoms with Crippen molar-refractivity contribution >= 4 is 28.3 Å². The van der Waals surface area contributed by atoms with Crippen molar-refractivity contribution in [2.24, 2.45) is 0 Å². The SMILES string of the molecule is Cc1ccc(-n2nc(C(C)(C)C)cc2NC(=O)Nc2ccc(OCCN3CC(C)OC(C)C3)c3ccccc23)cn1. The van der Waals surface area contributed by atoms with Crippen LogP contribution < -0.4 is 15.4 Å².